The number of nitrogens with zero attached hydrogens (tertiary/aromatic N) is 2. The average molecular weight is 598 g/mol. The summed E-state index contributed by atoms with van der Waals surface area (Å²) in [5.41, 5.74) is 5.92. The second-order valence-corrected chi connectivity index (χ2v) is 13.2. The number of fused-ring (bicyclic) bond motifs is 1. The number of phenols is 1. The molecular formula is C30H35N3O8S. The zero-order chi connectivity index (χ0) is 30.2. The summed E-state index contributed by atoms with van der Waals surface area (Å²) in [6, 6.07) is 13.7. The molecular weight excluding hydrogens is 562 g/mol. The van der Waals surface area contributed by atoms with E-state index in [4.69, 9.17) is 24.0 Å². The van der Waals surface area contributed by atoms with Gasteiger partial charge in [-0.1, -0.05) is 26.0 Å². The van der Waals surface area contributed by atoms with Gasteiger partial charge in [-0.3, -0.25) is 4.90 Å². The van der Waals surface area contributed by atoms with Crippen molar-refractivity contribution in [3.63, 3.8) is 0 Å². The van der Waals surface area contributed by atoms with Gasteiger partial charge in [-0.05, 0) is 74.2 Å². The van der Waals surface area contributed by atoms with Crippen molar-refractivity contribution >= 4 is 33.0 Å². The largest absolute Gasteiger partial charge is 0.508 e. The van der Waals surface area contributed by atoms with E-state index in [0.29, 0.717) is 17.5 Å². The summed E-state index contributed by atoms with van der Waals surface area (Å²) in [7, 11) is -3.93. The predicted molar refractivity (Wildman–Crippen MR) is 155 cm³/mol. The summed E-state index contributed by atoms with van der Waals surface area (Å²) in [5, 5.41) is 10.3. The molecule has 1 fully saturated rings. The Balaban J connectivity index is 1.49. The molecule has 0 saturated carbocycles. The summed E-state index contributed by atoms with van der Waals surface area (Å²) in [6.07, 6.45) is 1.64. The number of nitrogen functional groups attached to an aromatic ring is 1. The van der Waals surface area contributed by atoms with Gasteiger partial charge >= 0.3 is 11.9 Å². The molecule has 0 unspecified atom stereocenters. The Bertz CT molecular complexity index is 1640. The summed E-state index contributed by atoms with van der Waals surface area (Å²) in [4.78, 5) is 15.4. The number of amides is 1. The minimum Gasteiger partial charge on any atom is -0.508 e. The molecule has 2 atom stereocenters. The maximum Gasteiger partial charge on any atom is 0.418 e. The van der Waals surface area contributed by atoms with E-state index in [1.807, 2.05) is 13.8 Å². The lowest BCUT2D eigenvalue weighted by atomic mass is 10.00. The first-order valence-corrected chi connectivity index (χ1v) is 15.1. The van der Waals surface area contributed by atoms with Crippen LogP contribution in [0.15, 0.2) is 80.9 Å². The molecule has 2 aromatic carbocycles. The van der Waals surface area contributed by atoms with Gasteiger partial charge in [0.15, 0.2) is 5.75 Å². The first kappa shape index (κ1) is 29.5. The van der Waals surface area contributed by atoms with Gasteiger partial charge in [-0.15, -0.1) is 0 Å². The lowest BCUT2D eigenvalue weighted by molar-refractivity contribution is -0.0681. The van der Waals surface area contributed by atoms with Gasteiger partial charge in [-0.2, -0.15) is 4.31 Å². The second-order valence-electron chi connectivity index (χ2n) is 11.3. The fourth-order valence-corrected chi connectivity index (χ4v) is 6.93. The van der Waals surface area contributed by atoms with Crippen molar-refractivity contribution in [3.8, 4) is 11.5 Å². The average Bonchev–Trinajstić information content (AvgIpc) is 3.59. The number of carbonyl (C=O) groups excluding carboxylic acids is 1. The van der Waals surface area contributed by atoms with E-state index in [9.17, 15) is 18.3 Å². The molecule has 11 nitrogen and oxygen atoms in total. The molecule has 1 saturated heterocycles. The van der Waals surface area contributed by atoms with Crippen molar-refractivity contribution in [1.29, 1.82) is 0 Å². The van der Waals surface area contributed by atoms with Gasteiger partial charge in [0, 0.05) is 18.8 Å². The van der Waals surface area contributed by atoms with Crippen LogP contribution in [-0.4, -0.2) is 59.8 Å². The molecule has 0 radical (unpaired) electrons. The summed E-state index contributed by atoms with van der Waals surface area (Å²) in [6.45, 7) is 7.56. The zero-order valence-corrected chi connectivity index (χ0v) is 24.7. The summed E-state index contributed by atoms with van der Waals surface area (Å²) in [5.74, 6) is 0.540. The number of benzene rings is 2. The van der Waals surface area contributed by atoms with Gasteiger partial charge in [-0.25, -0.2) is 13.2 Å². The number of furan rings is 2. The molecule has 4 aromatic rings. The Hall–Kier alpha value is -4.00. The Kier molecular flexibility index (Phi) is 7.97. The highest BCUT2D eigenvalue weighted by Crippen LogP contribution is 2.37. The molecule has 1 aliphatic heterocycles. The molecule has 1 amide bonds. The van der Waals surface area contributed by atoms with Crippen molar-refractivity contribution in [2.75, 3.05) is 18.8 Å². The first-order valence-electron chi connectivity index (χ1n) is 13.6. The normalized spacial score (nSPS) is 18.8. The SMILES string of the molecule is CC(C)CN(C[C@H]1OC(C)(C)N(C(=O)Oc2coc3occc23)[C@H]1Cc1ccc(O)cc1)S(=O)(=O)c1ccc(N)cc1. The van der Waals surface area contributed by atoms with E-state index >= 15 is 0 Å². The fourth-order valence-electron chi connectivity index (χ4n) is 5.31. The molecule has 1 aliphatic rings. The molecule has 0 aliphatic carbocycles. The van der Waals surface area contributed by atoms with Crippen LogP contribution in [0.25, 0.3) is 11.2 Å². The third-order valence-corrected chi connectivity index (χ3v) is 9.04. The maximum atomic E-state index is 13.8. The minimum atomic E-state index is -3.93. The topological polar surface area (TPSA) is 149 Å². The van der Waals surface area contributed by atoms with Crippen molar-refractivity contribution < 1.29 is 36.6 Å². The van der Waals surface area contributed by atoms with Crippen molar-refractivity contribution in [2.24, 2.45) is 5.92 Å². The summed E-state index contributed by atoms with van der Waals surface area (Å²) < 4.78 is 51.9. The lowest BCUT2D eigenvalue weighted by Gasteiger charge is -2.33. The van der Waals surface area contributed by atoms with Gasteiger partial charge in [0.1, 0.15) is 23.1 Å². The molecule has 224 valence electrons. The molecule has 12 heteroatoms. The number of hydrogen-bond donors (Lipinski definition) is 2. The lowest BCUT2D eigenvalue weighted by Crippen LogP contribution is -2.51. The monoisotopic (exact) mass is 597 g/mol. The first-order chi connectivity index (χ1) is 19.8. The van der Waals surface area contributed by atoms with E-state index in [0.717, 1.165) is 5.56 Å². The van der Waals surface area contributed by atoms with Crippen molar-refractivity contribution in [1.82, 2.24) is 9.21 Å². The number of sulfonamides is 1. The van der Waals surface area contributed by atoms with Crippen LogP contribution in [0.4, 0.5) is 10.5 Å². The molecule has 3 N–H and O–H groups in total. The zero-order valence-electron chi connectivity index (χ0n) is 23.9. The quantitative estimate of drug-likeness (QED) is 0.248. The molecule has 2 aromatic heterocycles. The van der Waals surface area contributed by atoms with Gasteiger partial charge < -0.3 is 29.1 Å². The standard InChI is InChI=1S/C30H35N3O8S/c1-19(2)16-32(42(36,37)23-11-7-21(31)8-12-23)17-26-25(15-20-5-9-22(34)10-6-20)33(30(3,4)41-26)29(35)40-27-18-39-28-24(27)13-14-38-28/h5-14,18-19,25-26,34H,15-17,31H2,1-4H3/t25-,26+/m0/s1. The number of ether oxygens (including phenoxy) is 2. The smallest absolute Gasteiger partial charge is 0.418 e. The Morgan fingerprint density at radius 3 is 2.45 bits per heavy atom. The number of anilines is 1. The third kappa shape index (κ3) is 5.96. The van der Waals surface area contributed by atoms with Crippen LogP contribution in [0.3, 0.4) is 0 Å². The highest BCUT2D eigenvalue weighted by atomic mass is 32.2. The van der Waals surface area contributed by atoms with E-state index < -0.39 is 34.0 Å². The van der Waals surface area contributed by atoms with Crippen LogP contribution in [0.2, 0.25) is 0 Å². The van der Waals surface area contributed by atoms with Crippen LogP contribution < -0.4 is 10.5 Å². The number of phenolic OH excluding ortho intramolecular Hbond substituents is 1. The van der Waals surface area contributed by atoms with Crippen LogP contribution in [0, 0.1) is 5.92 Å². The molecule has 5 rings (SSSR count). The third-order valence-electron chi connectivity index (χ3n) is 7.19. The Labute approximate surface area is 244 Å². The maximum absolute atomic E-state index is 13.8. The Morgan fingerprint density at radius 2 is 1.79 bits per heavy atom. The van der Waals surface area contributed by atoms with Gasteiger partial charge in [0.2, 0.25) is 10.0 Å². The van der Waals surface area contributed by atoms with Crippen LogP contribution >= 0.6 is 0 Å². The van der Waals surface area contributed by atoms with Crippen molar-refractivity contribution in [3.05, 3.63) is 72.7 Å². The number of carbonyl (C=O) groups is 1. The van der Waals surface area contributed by atoms with E-state index in [1.54, 1.807) is 56.3 Å². The number of hydrogen-bond acceptors (Lipinski definition) is 9. The number of nitrogens with two attached hydrogens (primary N) is 1. The second kappa shape index (κ2) is 11.3. The minimum absolute atomic E-state index is 0.0121. The molecule has 3 heterocycles. The fraction of sp³-hybridized carbons (Fsp3) is 0.367. The van der Waals surface area contributed by atoms with Crippen molar-refractivity contribution in [2.45, 2.75) is 56.9 Å². The van der Waals surface area contributed by atoms with Gasteiger partial charge in [0.05, 0.1) is 23.3 Å². The summed E-state index contributed by atoms with van der Waals surface area (Å²) >= 11 is 0. The van der Waals surface area contributed by atoms with Crippen LogP contribution in [0.1, 0.15) is 33.3 Å². The van der Waals surface area contributed by atoms with Crippen LogP contribution in [-0.2, 0) is 21.2 Å². The van der Waals surface area contributed by atoms with Crippen LogP contribution in [0.5, 0.6) is 11.5 Å². The molecule has 0 spiro atoms. The van der Waals surface area contributed by atoms with Gasteiger partial charge in [0.25, 0.3) is 0 Å². The number of rotatable bonds is 9. The number of aromatic hydroxyl groups is 1. The van der Waals surface area contributed by atoms with E-state index in [1.165, 1.54) is 33.9 Å². The Morgan fingerprint density at radius 1 is 1.10 bits per heavy atom. The predicted octanol–water partition coefficient (Wildman–Crippen LogP) is 5.21. The highest BCUT2D eigenvalue weighted by Gasteiger charge is 2.52. The van der Waals surface area contributed by atoms with E-state index in [-0.39, 0.29) is 41.2 Å². The molecule has 42 heavy (non-hydrogen) atoms. The van der Waals surface area contributed by atoms with E-state index in [2.05, 4.69) is 0 Å². The molecule has 0 bridgehead atoms. The highest BCUT2D eigenvalue weighted by molar-refractivity contribution is 7.89.